The topological polar surface area (TPSA) is 76.4 Å². The van der Waals surface area contributed by atoms with Gasteiger partial charge in [0, 0.05) is 33.2 Å². The zero-order chi connectivity index (χ0) is 15.5. The smallest absolute Gasteiger partial charge is 0.244 e. The predicted molar refractivity (Wildman–Crippen MR) is 83.1 cm³/mol. The molecule has 112 valence electrons. The number of piperazine rings is 1. The Labute approximate surface area is 130 Å². The first-order chi connectivity index (χ1) is 10.0. The molecule has 0 saturated carbocycles. The molecule has 0 atom stereocenters. The summed E-state index contributed by atoms with van der Waals surface area (Å²) in [5, 5.41) is 12.6. The van der Waals surface area contributed by atoms with E-state index in [1.807, 2.05) is 11.0 Å². The van der Waals surface area contributed by atoms with Gasteiger partial charge in [0.1, 0.15) is 6.07 Å². The molecule has 2 rings (SSSR count). The minimum atomic E-state index is -3.64. The number of benzene rings is 1. The van der Waals surface area contributed by atoms with E-state index >= 15 is 0 Å². The van der Waals surface area contributed by atoms with Crippen molar-refractivity contribution in [2.75, 3.05) is 33.2 Å². The second kappa shape index (κ2) is 6.39. The van der Waals surface area contributed by atoms with Crippen molar-refractivity contribution in [1.29, 1.82) is 5.26 Å². The third kappa shape index (κ3) is 3.15. The van der Waals surface area contributed by atoms with E-state index in [0.29, 0.717) is 31.3 Å². The molecular weight excluding hydrogens is 308 g/mol. The minimum absolute atomic E-state index is 0.0668. The molecule has 1 aromatic carbocycles. The SMILES string of the molecule is CNC(=S)N1CCN(S(=O)(=O)c2ccccc2C#N)CC1. The van der Waals surface area contributed by atoms with Gasteiger partial charge in [0.05, 0.1) is 10.5 Å². The van der Waals surface area contributed by atoms with Crippen molar-refractivity contribution in [3.05, 3.63) is 29.8 Å². The van der Waals surface area contributed by atoms with Gasteiger partial charge in [0.15, 0.2) is 5.11 Å². The third-order valence-corrected chi connectivity index (χ3v) is 5.78. The number of nitrogens with zero attached hydrogens (tertiary/aromatic N) is 3. The van der Waals surface area contributed by atoms with E-state index < -0.39 is 10.0 Å². The van der Waals surface area contributed by atoms with E-state index in [1.54, 1.807) is 19.2 Å². The van der Waals surface area contributed by atoms with Crippen LogP contribution in [-0.4, -0.2) is 56.0 Å². The predicted octanol–water partition coefficient (Wildman–Crippen LogP) is 0.369. The summed E-state index contributed by atoms with van der Waals surface area (Å²) in [6.07, 6.45) is 0. The Hall–Kier alpha value is -1.69. The van der Waals surface area contributed by atoms with Crippen LogP contribution in [0.25, 0.3) is 0 Å². The van der Waals surface area contributed by atoms with Crippen molar-refractivity contribution in [3.8, 4) is 6.07 Å². The Bertz CT molecular complexity index is 674. The lowest BCUT2D eigenvalue weighted by Gasteiger charge is -2.35. The highest BCUT2D eigenvalue weighted by Crippen LogP contribution is 2.20. The number of hydrogen-bond donors (Lipinski definition) is 1. The highest BCUT2D eigenvalue weighted by molar-refractivity contribution is 7.89. The van der Waals surface area contributed by atoms with Gasteiger partial charge in [-0.1, -0.05) is 12.1 Å². The van der Waals surface area contributed by atoms with E-state index in [0.717, 1.165) is 0 Å². The second-order valence-electron chi connectivity index (χ2n) is 4.55. The fourth-order valence-electron chi connectivity index (χ4n) is 2.21. The molecule has 6 nitrogen and oxygen atoms in total. The molecule has 21 heavy (non-hydrogen) atoms. The van der Waals surface area contributed by atoms with E-state index in [2.05, 4.69) is 5.32 Å². The molecule has 8 heteroatoms. The minimum Gasteiger partial charge on any atom is -0.366 e. The summed E-state index contributed by atoms with van der Waals surface area (Å²) < 4.78 is 26.6. The Balaban J connectivity index is 2.19. The van der Waals surface area contributed by atoms with Gasteiger partial charge >= 0.3 is 0 Å². The average Bonchev–Trinajstić information content (AvgIpc) is 2.54. The van der Waals surface area contributed by atoms with Crippen LogP contribution in [0.15, 0.2) is 29.2 Å². The summed E-state index contributed by atoms with van der Waals surface area (Å²) in [5.74, 6) is 0. The molecule has 0 spiro atoms. The molecule has 0 aromatic heterocycles. The van der Waals surface area contributed by atoms with Crippen LogP contribution in [0.4, 0.5) is 0 Å². The zero-order valence-corrected chi connectivity index (χ0v) is 13.2. The van der Waals surface area contributed by atoms with Gasteiger partial charge in [-0.3, -0.25) is 0 Å². The van der Waals surface area contributed by atoms with Crippen LogP contribution in [0, 0.1) is 11.3 Å². The monoisotopic (exact) mass is 324 g/mol. The first-order valence-electron chi connectivity index (χ1n) is 6.46. The molecule has 1 N–H and O–H groups in total. The van der Waals surface area contributed by atoms with Crippen LogP contribution in [0.5, 0.6) is 0 Å². The molecule has 1 aliphatic rings. The molecular formula is C13H16N4O2S2. The third-order valence-electron chi connectivity index (χ3n) is 3.37. The molecule has 0 radical (unpaired) electrons. The number of hydrogen-bond acceptors (Lipinski definition) is 4. The van der Waals surface area contributed by atoms with Crippen molar-refractivity contribution in [2.24, 2.45) is 0 Å². The van der Waals surface area contributed by atoms with Crippen LogP contribution in [0.3, 0.4) is 0 Å². The van der Waals surface area contributed by atoms with Gasteiger partial charge < -0.3 is 10.2 Å². The molecule has 1 fully saturated rings. The van der Waals surface area contributed by atoms with E-state index in [-0.39, 0.29) is 10.5 Å². The molecule has 0 amide bonds. The van der Waals surface area contributed by atoms with Crippen LogP contribution < -0.4 is 5.32 Å². The van der Waals surface area contributed by atoms with Crippen molar-refractivity contribution >= 4 is 27.4 Å². The highest BCUT2D eigenvalue weighted by Gasteiger charge is 2.30. The molecule has 1 saturated heterocycles. The maximum atomic E-state index is 12.6. The number of rotatable bonds is 2. The Morgan fingerprint density at radius 3 is 2.48 bits per heavy atom. The number of nitriles is 1. The van der Waals surface area contributed by atoms with E-state index in [1.165, 1.54) is 16.4 Å². The van der Waals surface area contributed by atoms with E-state index in [4.69, 9.17) is 17.5 Å². The van der Waals surface area contributed by atoms with Gasteiger partial charge in [-0.2, -0.15) is 9.57 Å². The summed E-state index contributed by atoms with van der Waals surface area (Å²) in [6.45, 7) is 1.77. The fourth-order valence-corrected chi connectivity index (χ4v) is 3.96. The molecule has 0 bridgehead atoms. The lowest BCUT2D eigenvalue weighted by Crippen LogP contribution is -2.52. The normalized spacial score (nSPS) is 16.3. The first-order valence-corrected chi connectivity index (χ1v) is 8.31. The first kappa shape index (κ1) is 15.7. The fraction of sp³-hybridized carbons (Fsp3) is 0.385. The summed E-state index contributed by atoms with van der Waals surface area (Å²) >= 11 is 5.14. The van der Waals surface area contributed by atoms with Gasteiger partial charge in [0.25, 0.3) is 0 Å². The summed E-state index contributed by atoms with van der Waals surface area (Å²) in [6, 6.07) is 8.19. The zero-order valence-electron chi connectivity index (χ0n) is 11.6. The summed E-state index contributed by atoms with van der Waals surface area (Å²) in [4.78, 5) is 1.99. The average molecular weight is 324 g/mol. The van der Waals surface area contributed by atoms with Crippen LogP contribution in [-0.2, 0) is 10.0 Å². The highest BCUT2D eigenvalue weighted by atomic mass is 32.2. The molecule has 1 heterocycles. The number of nitrogens with one attached hydrogen (secondary N) is 1. The molecule has 1 aromatic rings. The van der Waals surface area contributed by atoms with Gasteiger partial charge in [-0.15, -0.1) is 0 Å². The molecule has 0 unspecified atom stereocenters. The quantitative estimate of drug-likeness (QED) is 0.792. The number of sulfonamides is 1. The maximum Gasteiger partial charge on any atom is 0.244 e. The second-order valence-corrected chi connectivity index (χ2v) is 6.85. The number of thiocarbonyl (C=S) groups is 1. The van der Waals surface area contributed by atoms with Crippen molar-refractivity contribution in [2.45, 2.75) is 4.90 Å². The Kier molecular flexibility index (Phi) is 4.77. The lowest BCUT2D eigenvalue weighted by atomic mass is 10.2. The van der Waals surface area contributed by atoms with Gasteiger partial charge in [0.2, 0.25) is 10.0 Å². The van der Waals surface area contributed by atoms with Gasteiger partial charge in [-0.25, -0.2) is 8.42 Å². The van der Waals surface area contributed by atoms with Crippen molar-refractivity contribution in [3.63, 3.8) is 0 Å². The summed E-state index contributed by atoms with van der Waals surface area (Å²) in [5.41, 5.74) is 0.172. The largest absolute Gasteiger partial charge is 0.366 e. The van der Waals surface area contributed by atoms with E-state index in [9.17, 15) is 8.42 Å². The summed E-state index contributed by atoms with van der Waals surface area (Å²) in [7, 11) is -1.90. The van der Waals surface area contributed by atoms with Crippen molar-refractivity contribution < 1.29 is 8.42 Å². The van der Waals surface area contributed by atoms with Gasteiger partial charge in [-0.05, 0) is 24.4 Å². The molecule has 1 aliphatic heterocycles. The Morgan fingerprint density at radius 2 is 1.90 bits per heavy atom. The maximum absolute atomic E-state index is 12.6. The van der Waals surface area contributed by atoms with Crippen LogP contribution >= 0.6 is 12.2 Å². The van der Waals surface area contributed by atoms with Crippen LogP contribution in [0.2, 0.25) is 0 Å². The van der Waals surface area contributed by atoms with Crippen molar-refractivity contribution in [1.82, 2.24) is 14.5 Å². The van der Waals surface area contributed by atoms with Crippen LogP contribution in [0.1, 0.15) is 5.56 Å². The lowest BCUT2D eigenvalue weighted by molar-refractivity contribution is 0.265. The molecule has 0 aliphatic carbocycles. The standard InChI is InChI=1S/C13H16N4O2S2/c1-15-13(20)16-6-8-17(9-7-16)21(18,19)12-5-3-2-4-11(12)10-14/h2-5H,6-9H2,1H3,(H,15,20). The Morgan fingerprint density at radius 1 is 1.29 bits per heavy atom.